The van der Waals surface area contributed by atoms with E-state index in [2.05, 4.69) is 0 Å². The van der Waals surface area contributed by atoms with Crippen LogP contribution in [0.1, 0.15) is 11.1 Å². The fourth-order valence-corrected chi connectivity index (χ4v) is 2.69. The maximum absolute atomic E-state index is 12.4. The number of carbonyl (C=O) groups excluding carboxylic acids is 1. The lowest BCUT2D eigenvalue weighted by molar-refractivity contribution is -0.119. The van der Waals surface area contributed by atoms with Gasteiger partial charge in [-0.1, -0.05) is 29.8 Å². The van der Waals surface area contributed by atoms with Gasteiger partial charge in [-0.25, -0.2) is 0 Å². The lowest BCUT2D eigenvalue weighted by Gasteiger charge is -2.22. The summed E-state index contributed by atoms with van der Waals surface area (Å²) in [6.07, 6.45) is 0.320. The monoisotopic (exact) mass is 318 g/mol. The van der Waals surface area contributed by atoms with Gasteiger partial charge in [-0.2, -0.15) is 0 Å². The molecule has 0 saturated heterocycles. The summed E-state index contributed by atoms with van der Waals surface area (Å²) in [5.74, 6) is -0.0812. The van der Waals surface area contributed by atoms with Crippen molar-refractivity contribution in [1.29, 1.82) is 0 Å². The van der Waals surface area contributed by atoms with Crippen LogP contribution in [0.3, 0.4) is 0 Å². The van der Waals surface area contributed by atoms with Gasteiger partial charge in [0, 0.05) is 17.8 Å². The van der Waals surface area contributed by atoms with Crippen molar-refractivity contribution >= 4 is 23.2 Å². The smallest absolute Gasteiger partial charge is 0.243 e. The topological polar surface area (TPSA) is 66.6 Å². The van der Waals surface area contributed by atoms with Crippen molar-refractivity contribution in [3.05, 3.63) is 58.6 Å². The highest BCUT2D eigenvalue weighted by molar-refractivity contribution is 6.31. The molecule has 0 radical (unpaired) electrons. The van der Waals surface area contributed by atoms with Crippen LogP contribution >= 0.6 is 11.6 Å². The molecule has 0 bridgehead atoms. The molecule has 2 aromatic carbocycles. The normalized spacial score (nSPS) is 12.0. The number of carbonyl (C=O) groups is 1. The lowest BCUT2D eigenvalue weighted by Crippen LogP contribution is -2.43. The molecule has 0 saturated carbocycles. The van der Waals surface area contributed by atoms with Crippen LogP contribution in [-0.4, -0.2) is 24.1 Å². The van der Waals surface area contributed by atoms with E-state index in [1.807, 2.05) is 37.3 Å². The number of likely N-dealkylation sites (N-methyl/N-ethyl adjacent to an activating group) is 1. The molecule has 3 N–H and O–H groups in total. The van der Waals surface area contributed by atoms with Crippen LogP contribution in [0.5, 0.6) is 5.75 Å². The van der Waals surface area contributed by atoms with E-state index in [-0.39, 0.29) is 11.7 Å². The van der Waals surface area contributed by atoms with Gasteiger partial charge in [0.25, 0.3) is 0 Å². The van der Waals surface area contributed by atoms with E-state index < -0.39 is 6.04 Å². The van der Waals surface area contributed by atoms with E-state index in [9.17, 15) is 9.90 Å². The fraction of sp³-hybridized carbons (Fsp3) is 0.235. The molecule has 0 aliphatic carbocycles. The molecule has 0 aliphatic heterocycles. The second-order valence-corrected chi connectivity index (χ2v) is 5.67. The number of benzene rings is 2. The molecule has 1 amide bonds. The zero-order chi connectivity index (χ0) is 16.3. The number of hydrogen-bond donors (Lipinski definition) is 2. The highest BCUT2D eigenvalue weighted by Crippen LogP contribution is 2.27. The number of hydrogen-bond acceptors (Lipinski definition) is 3. The molecule has 116 valence electrons. The van der Waals surface area contributed by atoms with E-state index >= 15 is 0 Å². The Labute approximate surface area is 135 Å². The molecule has 0 aromatic heterocycles. The number of amides is 1. The molecule has 0 fully saturated rings. The van der Waals surface area contributed by atoms with Crippen LogP contribution in [0.15, 0.2) is 42.5 Å². The van der Waals surface area contributed by atoms with Crippen molar-refractivity contribution in [2.45, 2.75) is 19.4 Å². The minimum Gasteiger partial charge on any atom is -0.508 e. The number of aryl methyl sites for hydroxylation is 1. The molecule has 0 heterocycles. The quantitative estimate of drug-likeness (QED) is 0.911. The summed E-state index contributed by atoms with van der Waals surface area (Å²) in [5.41, 5.74) is 8.43. The molecular formula is C17H19ClN2O2. The van der Waals surface area contributed by atoms with Gasteiger partial charge in [-0.3, -0.25) is 4.79 Å². The molecule has 22 heavy (non-hydrogen) atoms. The van der Waals surface area contributed by atoms with Crippen LogP contribution in [0, 0.1) is 6.92 Å². The minimum atomic E-state index is -0.703. The number of anilines is 1. The first-order valence-electron chi connectivity index (χ1n) is 6.96. The molecule has 0 unspecified atom stereocenters. The van der Waals surface area contributed by atoms with E-state index in [1.165, 1.54) is 11.0 Å². The predicted octanol–water partition coefficient (Wildman–Crippen LogP) is 2.89. The summed E-state index contributed by atoms with van der Waals surface area (Å²) in [5, 5.41) is 9.93. The molecule has 2 rings (SSSR count). The Morgan fingerprint density at radius 3 is 2.55 bits per heavy atom. The zero-order valence-corrected chi connectivity index (χ0v) is 13.3. The molecular weight excluding hydrogens is 300 g/mol. The second-order valence-electron chi connectivity index (χ2n) is 5.27. The minimum absolute atomic E-state index is 0.104. The van der Waals surface area contributed by atoms with Gasteiger partial charge in [0.2, 0.25) is 5.91 Å². The molecule has 4 nitrogen and oxygen atoms in total. The summed E-state index contributed by atoms with van der Waals surface area (Å²) < 4.78 is 0. The van der Waals surface area contributed by atoms with E-state index in [1.54, 1.807) is 13.1 Å². The van der Waals surface area contributed by atoms with E-state index in [0.29, 0.717) is 11.4 Å². The summed E-state index contributed by atoms with van der Waals surface area (Å²) in [4.78, 5) is 14.0. The first kappa shape index (κ1) is 16.3. The van der Waals surface area contributed by atoms with Gasteiger partial charge in [0.1, 0.15) is 5.75 Å². The Morgan fingerprint density at radius 2 is 1.95 bits per heavy atom. The molecule has 2 aromatic rings. The first-order chi connectivity index (χ1) is 10.4. The van der Waals surface area contributed by atoms with Crippen LogP contribution in [0.25, 0.3) is 0 Å². The number of nitrogens with two attached hydrogens (primary N) is 1. The van der Waals surface area contributed by atoms with Crippen LogP contribution in [0.4, 0.5) is 5.69 Å². The number of nitrogens with zero attached hydrogens (tertiary/aromatic N) is 1. The molecule has 0 spiro atoms. The van der Waals surface area contributed by atoms with Crippen LogP contribution in [0.2, 0.25) is 5.02 Å². The fourth-order valence-electron chi connectivity index (χ4n) is 2.35. The largest absolute Gasteiger partial charge is 0.508 e. The molecule has 1 atom stereocenters. The maximum Gasteiger partial charge on any atom is 0.243 e. The number of rotatable bonds is 4. The van der Waals surface area contributed by atoms with E-state index in [4.69, 9.17) is 17.3 Å². The summed E-state index contributed by atoms with van der Waals surface area (Å²) in [7, 11) is 1.70. The Bertz CT molecular complexity index is 651. The Hall–Kier alpha value is -2.04. The Balaban J connectivity index is 2.15. The van der Waals surface area contributed by atoms with Crippen molar-refractivity contribution in [3.63, 3.8) is 0 Å². The predicted molar refractivity (Wildman–Crippen MR) is 89.4 cm³/mol. The number of para-hydroxylation sites is 1. The standard InChI is InChI=1S/C17H19ClN2O2/c1-11-8-13(21)9-15(18)14(11)10-16(19)17(22)20(2)12-6-4-3-5-7-12/h3-9,16,21H,10,19H2,1-2H3/t16-/m1/s1. The van der Waals surface area contributed by atoms with Gasteiger partial charge in [0.15, 0.2) is 0 Å². The Morgan fingerprint density at radius 1 is 1.32 bits per heavy atom. The maximum atomic E-state index is 12.4. The van der Waals surface area contributed by atoms with Gasteiger partial charge < -0.3 is 15.7 Å². The third-order valence-electron chi connectivity index (χ3n) is 3.62. The highest BCUT2D eigenvalue weighted by Gasteiger charge is 2.21. The number of phenolic OH excluding ortho intramolecular Hbond substituents is 1. The number of aromatic hydroxyl groups is 1. The first-order valence-corrected chi connectivity index (χ1v) is 7.34. The Kier molecular flexibility index (Phi) is 5.06. The SMILES string of the molecule is Cc1cc(O)cc(Cl)c1C[C@@H](N)C(=O)N(C)c1ccccc1. The van der Waals surface area contributed by atoms with Crippen molar-refractivity contribution in [3.8, 4) is 5.75 Å². The average molecular weight is 319 g/mol. The van der Waals surface area contributed by atoms with Crippen LogP contribution in [-0.2, 0) is 11.2 Å². The third kappa shape index (κ3) is 3.59. The van der Waals surface area contributed by atoms with Crippen molar-refractivity contribution in [1.82, 2.24) is 0 Å². The van der Waals surface area contributed by atoms with Gasteiger partial charge >= 0.3 is 0 Å². The van der Waals surface area contributed by atoms with Gasteiger partial charge in [-0.15, -0.1) is 0 Å². The van der Waals surface area contributed by atoms with Crippen molar-refractivity contribution < 1.29 is 9.90 Å². The number of halogens is 1. The van der Waals surface area contributed by atoms with Gasteiger partial charge in [0.05, 0.1) is 6.04 Å². The molecule has 0 aliphatic rings. The second kappa shape index (κ2) is 6.81. The van der Waals surface area contributed by atoms with Crippen molar-refractivity contribution in [2.24, 2.45) is 5.73 Å². The summed E-state index contributed by atoms with van der Waals surface area (Å²) in [6.45, 7) is 1.83. The highest BCUT2D eigenvalue weighted by atomic mass is 35.5. The van der Waals surface area contributed by atoms with Crippen molar-refractivity contribution in [2.75, 3.05) is 11.9 Å². The average Bonchev–Trinajstić information content (AvgIpc) is 2.50. The number of phenols is 1. The third-order valence-corrected chi connectivity index (χ3v) is 3.96. The molecule has 5 heteroatoms. The summed E-state index contributed by atoms with van der Waals surface area (Å²) in [6, 6.07) is 11.7. The summed E-state index contributed by atoms with van der Waals surface area (Å²) >= 11 is 6.14. The zero-order valence-electron chi connectivity index (χ0n) is 12.6. The lowest BCUT2D eigenvalue weighted by atomic mass is 10.00. The van der Waals surface area contributed by atoms with Crippen LogP contribution < -0.4 is 10.6 Å². The van der Waals surface area contributed by atoms with Gasteiger partial charge in [-0.05, 0) is 48.7 Å². The van der Waals surface area contributed by atoms with E-state index in [0.717, 1.165) is 16.8 Å².